The van der Waals surface area contributed by atoms with Gasteiger partial charge in [-0.25, -0.2) is 20.0 Å². The van der Waals surface area contributed by atoms with E-state index in [1.165, 1.54) is 0 Å². The van der Waals surface area contributed by atoms with Crippen molar-refractivity contribution in [1.29, 1.82) is 0 Å². The minimum Gasteiger partial charge on any atom is -0.461 e. The predicted octanol–water partition coefficient (Wildman–Crippen LogP) is 3.53. The van der Waals surface area contributed by atoms with Crippen LogP contribution in [0.1, 0.15) is 19.4 Å². The molecule has 1 atom stereocenters. The summed E-state index contributed by atoms with van der Waals surface area (Å²) in [5, 5.41) is 7.10. The molecule has 0 bridgehead atoms. The summed E-state index contributed by atoms with van der Waals surface area (Å²) in [5.74, 6) is 3.95. The van der Waals surface area contributed by atoms with Crippen LogP contribution in [0.2, 0.25) is 0 Å². The Morgan fingerprint density at radius 3 is 2.81 bits per heavy atom. The molecule has 2 N–H and O–H groups in total. The minimum atomic E-state index is -0.0112. The molecule has 1 aromatic carbocycles. The van der Waals surface area contributed by atoms with E-state index in [1.807, 2.05) is 41.6 Å². The van der Waals surface area contributed by atoms with Crippen molar-refractivity contribution in [2.45, 2.75) is 30.2 Å². The molecule has 0 fully saturated rings. The summed E-state index contributed by atoms with van der Waals surface area (Å²) < 4.78 is 5.71. The molecular formula is C18H20N6OS2. The highest BCUT2D eigenvalue weighted by Gasteiger charge is 2.36. The predicted molar refractivity (Wildman–Crippen MR) is 110 cm³/mol. The van der Waals surface area contributed by atoms with Crippen molar-refractivity contribution in [3.63, 3.8) is 0 Å². The molecule has 0 radical (unpaired) electrons. The Morgan fingerprint density at radius 2 is 2.07 bits per heavy atom. The van der Waals surface area contributed by atoms with Crippen LogP contribution in [-0.2, 0) is 0 Å². The fourth-order valence-electron chi connectivity index (χ4n) is 2.83. The highest BCUT2D eigenvalue weighted by molar-refractivity contribution is 7.99. The van der Waals surface area contributed by atoms with E-state index in [1.54, 1.807) is 29.8 Å². The van der Waals surface area contributed by atoms with E-state index in [2.05, 4.69) is 34.6 Å². The number of hydrogen-bond acceptors (Lipinski definition) is 9. The fourth-order valence-corrected chi connectivity index (χ4v) is 4.03. The maximum atomic E-state index is 5.71. The Hall–Kier alpha value is -2.39. The lowest BCUT2D eigenvalue weighted by atomic mass is 10.2. The number of rotatable bonds is 5. The third-order valence-electron chi connectivity index (χ3n) is 4.02. The number of nitrogens with zero attached hydrogens (tertiary/aromatic N) is 4. The first-order chi connectivity index (χ1) is 13.2. The average Bonchev–Trinajstić information content (AvgIpc) is 3.11. The van der Waals surface area contributed by atoms with Gasteiger partial charge in [0.25, 0.3) is 0 Å². The van der Waals surface area contributed by atoms with Gasteiger partial charge in [-0.3, -0.25) is 5.43 Å². The Kier molecular flexibility index (Phi) is 5.13. The molecule has 4 rings (SSSR count). The summed E-state index contributed by atoms with van der Waals surface area (Å²) in [6.07, 6.45) is 3.63. The van der Waals surface area contributed by atoms with Gasteiger partial charge in [-0.2, -0.15) is 0 Å². The number of benzene rings is 1. The third kappa shape index (κ3) is 3.57. The summed E-state index contributed by atoms with van der Waals surface area (Å²) in [5.41, 5.74) is 4.19. The van der Waals surface area contributed by atoms with Gasteiger partial charge in [0.1, 0.15) is 29.0 Å². The summed E-state index contributed by atoms with van der Waals surface area (Å²) in [4.78, 5) is 14.1. The first-order valence-corrected chi connectivity index (χ1v) is 10.8. The number of hydrazine groups is 1. The second-order valence-corrected chi connectivity index (χ2v) is 7.87. The Labute approximate surface area is 166 Å². The molecular weight excluding hydrogens is 380 g/mol. The molecule has 27 heavy (non-hydrogen) atoms. The summed E-state index contributed by atoms with van der Waals surface area (Å²) in [6, 6.07) is 9.62. The van der Waals surface area contributed by atoms with Gasteiger partial charge in [-0.05, 0) is 31.1 Å². The molecule has 0 saturated heterocycles. The van der Waals surface area contributed by atoms with Crippen LogP contribution in [0.5, 0.6) is 5.75 Å². The molecule has 2 aromatic rings. The minimum absolute atomic E-state index is 0.0112. The van der Waals surface area contributed by atoms with Crippen LogP contribution >= 0.6 is 23.5 Å². The van der Waals surface area contributed by atoms with Crippen molar-refractivity contribution in [2.75, 3.05) is 17.3 Å². The number of amidine groups is 1. The number of fused-ring (bicyclic) bond motifs is 3. The lowest BCUT2D eigenvalue weighted by Gasteiger charge is -2.34. The summed E-state index contributed by atoms with van der Waals surface area (Å²) >= 11 is 3.23. The molecule has 2 aliphatic rings. The highest BCUT2D eigenvalue weighted by Crippen LogP contribution is 2.34. The van der Waals surface area contributed by atoms with E-state index in [-0.39, 0.29) is 6.17 Å². The van der Waals surface area contributed by atoms with Crippen LogP contribution in [0.4, 0.5) is 5.82 Å². The molecule has 0 aliphatic carbocycles. The number of anilines is 1. The smallest absolute Gasteiger partial charge is 0.190 e. The maximum Gasteiger partial charge on any atom is 0.190 e. The molecule has 0 spiro atoms. The highest BCUT2D eigenvalue weighted by atomic mass is 32.2. The first kappa shape index (κ1) is 18.0. The maximum absolute atomic E-state index is 5.71. The molecule has 1 unspecified atom stereocenters. The molecule has 7 nitrogen and oxygen atoms in total. The largest absolute Gasteiger partial charge is 0.461 e. The molecule has 0 amide bonds. The zero-order valence-corrected chi connectivity index (χ0v) is 16.9. The van der Waals surface area contributed by atoms with Crippen molar-refractivity contribution in [3.05, 3.63) is 48.0 Å². The van der Waals surface area contributed by atoms with Gasteiger partial charge in [-0.1, -0.05) is 36.9 Å². The number of aromatic nitrogens is 2. The van der Waals surface area contributed by atoms with Gasteiger partial charge in [-0.15, -0.1) is 11.8 Å². The normalized spacial score (nSPS) is 19.1. The van der Waals surface area contributed by atoms with Crippen LogP contribution in [-0.4, -0.2) is 39.0 Å². The van der Waals surface area contributed by atoms with Crippen molar-refractivity contribution >= 4 is 35.2 Å². The van der Waals surface area contributed by atoms with Gasteiger partial charge in [0.2, 0.25) is 0 Å². The van der Waals surface area contributed by atoms with Crippen LogP contribution in [0, 0.1) is 0 Å². The lowest BCUT2D eigenvalue weighted by molar-refractivity contribution is 0.298. The number of thioether (sulfide) groups is 2. The van der Waals surface area contributed by atoms with Gasteiger partial charge in [0.05, 0.1) is 5.56 Å². The average molecular weight is 401 g/mol. The van der Waals surface area contributed by atoms with Crippen LogP contribution in [0.15, 0.2) is 57.6 Å². The third-order valence-corrected chi connectivity index (χ3v) is 5.43. The Bertz CT molecular complexity index is 902. The van der Waals surface area contributed by atoms with E-state index in [0.717, 1.165) is 38.9 Å². The number of aliphatic imine (C=N–C) groups is 1. The van der Waals surface area contributed by atoms with Crippen molar-refractivity contribution in [3.8, 4) is 5.75 Å². The zero-order valence-electron chi connectivity index (χ0n) is 15.3. The fraction of sp³-hybridized carbons (Fsp3) is 0.278. The molecule has 1 aromatic heterocycles. The van der Waals surface area contributed by atoms with Crippen molar-refractivity contribution < 1.29 is 4.74 Å². The Morgan fingerprint density at radius 1 is 1.26 bits per heavy atom. The first-order valence-electron chi connectivity index (χ1n) is 8.61. The van der Waals surface area contributed by atoms with Crippen molar-refractivity contribution in [1.82, 2.24) is 20.4 Å². The van der Waals surface area contributed by atoms with Gasteiger partial charge < -0.3 is 10.1 Å². The van der Waals surface area contributed by atoms with Crippen LogP contribution in [0.3, 0.4) is 0 Å². The summed E-state index contributed by atoms with van der Waals surface area (Å²) in [6.45, 7) is 4.15. The van der Waals surface area contributed by atoms with E-state index < -0.39 is 0 Å². The monoisotopic (exact) mass is 400 g/mol. The number of ether oxygens (including phenoxy) is 1. The zero-order chi connectivity index (χ0) is 18.8. The molecule has 0 saturated carbocycles. The van der Waals surface area contributed by atoms with E-state index in [0.29, 0.717) is 5.82 Å². The topological polar surface area (TPSA) is 74.7 Å². The molecule has 140 valence electrons. The quantitative estimate of drug-likeness (QED) is 0.342. The van der Waals surface area contributed by atoms with Gasteiger partial charge in [0.15, 0.2) is 16.8 Å². The number of para-hydroxylation sites is 1. The van der Waals surface area contributed by atoms with Gasteiger partial charge in [0, 0.05) is 0 Å². The summed E-state index contributed by atoms with van der Waals surface area (Å²) in [7, 11) is 0. The molecule has 9 heteroatoms. The second-order valence-electron chi connectivity index (χ2n) is 5.84. The second kappa shape index (κ2) is 7.69. The lowest BCUT2D eigenvalue weighted by Crippen LogP contribution is -2.51. The van der Waals surface area contributed by atoms with Gasteiger partial charge >= 0.3 is 0 Å². The molecule has 3 heterocycles. The van der Waals surface area contributed by atoms with Crippen molar-refractivity contribution in [2.24, 2.45) is 4.99 Å². The number of nitrogens with one attached hydrogen (secondary N) is 2. The van der Waals surface area contributed by atoms with E-state index in [4.69, 9.17) is 9.73 Å². The standard InChI is InChI=1S/C18H20N6OS2/c1-4-27-18-21-15-14(17(22-18)26-3)16-20-13(23-24(16)11(2)19-15)10-25-12-8-6-5-7-9-12/h5-11,23H,4H2,1-3H3,(H,19,21,22). The number of hydrogen-bond donors (Lipinski definition) is 2. The molecule has 2 aliphatic heterocycles. The SMILES string of the molecule is CCSc1nc2c(c(SC)n1)C1=NC(=COc3ccccc3)NN1C(C)N2. The van der Waals surface area contributed by atoms with E-state index >= 15 is 0 Å². The van der Waals surface area contributed by atoms with Crippen LogP contribution < -0.4 is 15.5 Å². The van der Waals surface area contributed by atoms with E-state index in [9.17, 15) is 0 Å². The Balaban J connectivity index is 1.69. The van der Waals surface area contributed by atoms with Crippen LogP contribution in [0.25, 0.3) is 0 Å².